The van der Waals surface area contributed by atoms with Crippen LogP contribution in [0.2, 0.25) is 0 Å². The maximum atomic E-state index is 11.5. The molecule has 0 aromatic heterocycles. The molecule has 6 nitrogen and oxygen atoms in total. The lowest BCUT2D eigenvalue weighted by molar-refractivity contribution is -0.125. The van der Waals surface area contributed by atoms with Crippen molar-refractivity contribution in [2.24, 2.45) is 17.6 Å². The first kappa shape index (κ1) is 12.9. The Kier molecular flexibility index (Phi) is 3.45. The largest absolute Gasteiger partial charge is 0.329 e. The van der Waals surface area contributed by atoms with Crippen LogP contribution in [0.15, 0.2) is 0 Å². The highest BCUT2D eigenvalue weighted by Gasteiger charge is 2.39. The van der Waals surface area contributed by atoms with Gasteiger partial charge in [-0.2, -0.15) is 0 Å². The first-order valence-electron chi connectivity index (χ1n) is 7.21. The van der Waals surface area contributed by atoms with E-state index in [1.807, 2.05) is 0 Å². The standard InChI is InChI=1S/C13H22N4O2/c14-11-3-1-2-9-7-16(8-10(9)11)4-5-17-12(18)6-15-13(17)19/h9-11H,1-8,14H2,(H,15,19). The van der Waals surface area contributed by atoms with Gasteiger partial charge in [-0.3, -0.25) is 9.69 Å². The van der Waals surface area contributed by atoms with Crippen molar-refractivity contribution in [2.45, 2.75) is 25.3 Å². The van der Waals surface area contributed by atoms with Gasteiger partial charge in [-0.15, -0.1) is 0 Å². The highest BCUT2D eigenvalue weighted by molar-refractivity contribution is 6.01. The van der Waals surface area contributed by atoms with Crippen LogP contribution in [0.3, 0.4) is 0 Å². The summed E-state index contributed by atoms with van der Waals surface area (Å²) in [6.45, 7) is 3.52. The number of hydrogen-bond acceptors (Lipinski definition) is 4. The fraction of sp³-hybridized carbons (Fsp3) is 0.846. The summed E-state index contributed by atoms with van der Waals surface area (Å²) in [5.41, 5.74) is 6.19. The maximum absolute atomic E-state index is 11.5. The normalized spacial score (nSPS) is 35.6. The number of amides is 3. The average molecular weight is 266 g/mol. The van der Waals surface area contributed by atoms with Crippen molar-refractivity contribution >= 4 is 11.9 Å². The fourth-order valence-electron chi connectivity index (χ4n) is 3.71. The molecule has 3 rings (SSSR count). The predicted molar refractivity (Wildman–Crippen MR) is 70.4 cm³/mol. The van der Waals surface area contributed by atoms with E-state index in [-0.39, 0.29) is 18.5 Å². The number of imide groups is 1. The average Bonchev–Trinajstić information content (AvgIpc) is 2.93. The molecular weight excluding hydrogens is 244 g/mol. The lowest BCUT2D eigenvalue weighted by atomic mass is 9.78. The minimum absolute atomic E-state index is 0.113. The Hall–Kier alpha value is -1.14. The van der Waals surface area contributed by atoms with Crippen molar-refractivity contribution < 1.29 is 9.59 Å². The fourth-order valence-corrected chi connectivity index (χ4v) is 3.71. The summed E-state index contributed by atoms with van der Waals surface area (Å²) in [6, 6.07) is 0.0822. The number of nitrogens with two attached hydrogens (primary N) is 1. The molecule has 6 heteroatoms. The van der Waals surface area contributed by atoms with E-state index in [1.54, 1.807) is 0 Å². The molecule has 3 unspecified atom stereocenters. The number of likely N-dealkylation sites (tertiary alicyclic amines) is 1. The highest BCUT2D eigenvalue weighted by Crippen LogP contribution is 2.35. The van der Waals surface area contributed by atoms with Crippen molar-refractivity contribution in [3.05, 3.63) is 0 Å². The second-order valence-electron chi connectivity index (χ2n) is 5.98. The third kappa shape index (κ3) is 2.47. The van der Waals surface area contributed by atoms with E-state index in [9.17, 15) is 9.59 Å². The van der Waals surface area contributed by atoms with Gasteiger partial charge in [0.05, 0.1) is 6.54 Å². The summed E-state index contributed by atoms with van der Waals surface area (Å²) in [6.07, 6.45) is 3.66. The molecule has 0 spiro atoms. The van der Waals surface area contributed by atoms with Crippen LogP contribution in [-0.4, -0.2) is 60.5 Å². The molecule has 2 saturated heterocycles. The van der Waals surface area contributed by atoms with E-state index in [2.05, 4.69) is 10.2 Å². The molecule has 106 valence electrons. The number of urea groups is 1. The highest BCUT2D eigenvalue weighted by atomic mass is 16.2. The van der Waals surface area contributed by atoms with Crippen molar-refractivity contribution in [3.8, 4) is 0 Å². The van der Waals surface area contributed by atoms with Gasteiger partial charge in [-0.1, -0.05) is 6.42 Å². The van der Waals surface area contributed by atoms with Gasteiger partial charge in [0.25, 0.3) is 0 Å². The van der Waals surface area contributed by atoms with E-state index in [1.165, 1.54) is 17.7 Å². The van der Waals surface area contributed by atoms with Crippen LogP contribution in [0, 0.1) is 11.8 Å². The minimum atomic E-state index is -0.252. The van der Waals surface area contributed by atoms with E-state index >= 15 is 0 Å². The molecule has 19 heavy (non-hydrogen) atoms. The molecule has 3 aliphatic rings. The Morgan fingerprint density at radius 1 is 1.21 bits per heavy atom. The zero-order valence-electron chi connectivity index (χ0n) is 11.2. The molecule has 3 amide bonds. The van der Waals surface area contributed by atoms with Crippen molar-refractivity contribution in [1.82, 2.24) is 15.1 Å². The number of fused-ring (bicyclic) bond motifs is 1. The predicted octanol–water partition coefficient (Wildman–Crippen LogP) is -0.403. The van der Waals surface area contributed by atoms with Crippen LogP contribution in [0.25, 0.3) is 0 Å². The smallest absolute Gasteiger partial charge is 0.324 e. The molecule has 3 N–H and O–H groups in total. The Balaban J connectivity index is 1.52. The number of carbonyl (C=O) groups excluding carboxylic acids is 2. The van der Waals surface area contributed by atoms with Crippen molar-refractivity contribution in [3.63, 3.8) is 0 Å². The van der Waals surface area contributed by atoms with Gasteiger partial charge in [0.1, 0.15) is 0 Å². The molecule has 2 aliphatic heterocycles. The molecule has 1 aliphatic carbocycles. The number of hydrogen-bond donors (Lipinski definition) is 2. The number of rotatable bonds is 3. The van der Waals surface area contributed by atoms with Gasteiger partial charge in [0, 0.05) is 32.2 Å². The van der Waals surface area contributed by atoms with Gasteiger partial charge in [0.2, 0.25) is 5.91 Å². The van der Waals surface area contributed by atoms with Crippen LogP contribution in [0.1, 0.15) is 19.3 Å². The summed E-state index contributed by atoms with van der Waals surface area (Å²) in [4.78, 5) is 26.6. The number of carbonyl (C=O) groups is 2. The maximum Gasteiger partial charge on any atom is 0.324 e. The van der Waals surface area contributed by atoms with E-state index in [0.29, 0.717) is 24.4 Å². The van der Waals surface area contributed by atoms with Crippen molar-refractivity contribution in [2.75, 3.05) is 32.7 Å². The van der Waals surface area contributed by atoms with Crippen LogP contribution in [0.4, 0.5) is 4.79 Å². The lowest BCUT2D eigenvalue weighted by Crippen LogP contribution is -2.39. The second kappa shape index (κ2) is 5.09. The zero-order chi connectivity index (χ0) is 13.4. The lowest BCUT2D eigenvalue weighted by Gasteiger charge is -2.29. The van der Waals surface area contributed by atoms with Gasteiger partial charge in [-0.25, -0.2) is 4.79 Å². The summed E-state index contributed by atoms with van der Waals surface area (Å²) in [5.74, 6) is 1.21. The van der Waals surface area contributed by atoms with Crippen LogP contribution in [-0.2, 0) is 4.79 Å². The molecule has 1 saturated carbocycles. The Labute approximate surface area is 113 Å². The molecule has 2 heterocycles. The van der Waals surface area contributed by atoms with E-state index in [0.717, 1.165) is 26.1 Å². The Bertz CT molecular complexity index is 371. The molecule has 0 aromatic carbocycles. The third-order valence-corrected chi connectivity index (χ3v) is 4.81. The second-order valence-corrected chi connectivity index (χ2v) is 5.98. The molecular formula is C13H22N4O2. The topological polar surface area (TPSA) is 78.7 Å². The first-order chi connectivity index (χ1) is 9.15. The quantitative estimate of drug-likeness (QED) is 0.681. The summed E-state index contributed by atoms with van der Waals surface area (Å²) in [5, 5.41) is 2.55. The molecule has 0 bridgehead atoms. The molecule has 3 fully saturated rings. The third-order valence-electron chi connectivity index (χ3n) is 4.81. The SMILES string of the molecule is NC1CCCC2CN(CCN3C(=O)CNC3=O)CC12. The number of nitrogens with one attached hydrogen (secondary N) is 1. The monoisotopic (exact) mass is 266 g/mol. The Morgan fingerprint density at radius 3 is 2.74 bits per heavy atom. The van der Waals surface area contributed by atoms with Gasteiger partial charge < -0.3 is 16.0 Å². The van der Waals surface area contributed by atoms with Crippen LogP contribution >= 0.6 is 0 Å². The summed E-state index contributed by atoms with van der Waals surface area (Å²) >= 11 is 0. The van der Waals surface area contributed by atoms with Crippen LogP contribution < -0.4 is 11.1 Å². The van der Waals surface area contributed by atoms with Gasteiger partial charge in [-0.05, 0) is 24.7 Å². The summed E-state index contributed by atoms with van der Waals surface area (Å²) < 4.78 is 0. The first-order valence-corrected chi connectivity index (χ1v) is 7.21. The van der Waals surface area contributed by atoms with Gasteiger partial charge in [0.15, 0.2) is 0 Å². The van der Waals surface area contributed by atoms with Gasteiger partial charge >= 0.3 is 6.03 Å². The van der Waals surface area contributed by atoms with Crippen molar-refractivity contribution in [1.29, 1.82) is 0 Å². The van der Waals surface area contributed by atoms with Crippen LogP contribution in [0.5, 0.6) is 0 Å². The Morgan fingerprint density at radius 2 is 2.05 bits per heavy atom. The molecule has 0 radical (unpaired) electrons. The zero-order valence-corrected chi connectivity index (χ0v) is 11.2. The van der Waals surface area contributed by atoms with E-state index in [4.69, 9.17) is 5.73 Å². The van der Waals surface area contributed by atoms with E-state index < -0.39 is 0 Å². The number of nitrogens with zero attached hydrogens (tertiary/aromatic N) is 2. The molecule has 0 aromatic rings. The molecule has 3 atom stereocenters. The minimum Gasteiger partial charge on any atom is -0.329 e. The summed E-state index contributed by atoms with van der Waals surface area (Å²) in [7, 11) is 0.